The van der Waals surface area contributed by atoms with Gasteiger partial charge in [-0.25, -0.2) is 0 Å². The molecule has 0 unspecified atom stereocenters. The van der Waals surface area contributed by atoms with E-state index < -0.39 is 11.1 Å². The molecule has 0 aliphatic rings. The van der Waals surface area contributed by atoms with Crippen LogP contribution in [-0.2, 0) is 35.1 Å². The summed E-state index contributed by atoms with van der Waals surface area (Å²) in [5.41, 5.74) is 5.63. The minimum atomic E-state index is -0.609. The van der Waals surface area contributed by atoms with Crippen LogP contribution in [-0.4, -0.2) is 47.0 Å². The van der Waals surface area contributed by atoms with E-state index in [0.717, 1.165) is 5.56 Å². The van der Waals surface area contributed by atoms with Gasteiger partial charge in [-0.2, -0.15) is 0 Å². The molecule has 0 saturated heterocycles. The van der Waals surface area contributed by atoms with Crippen molar-refractivity contribution in [3.8, 4) is 0 Å². The number of Topliss-reactive ketones (excluding diaryl/α,β-unsaturated/α-hetero) is 2. The lowest BCUT2D eigenvalue weighted by Crippen LogP contribution is -2.48. The number of benzene rings is 1. The summed E-state index contributed by atoms with van der Waals surface area (Å²) in [4.78, 5) is 58.2. The Morgan fingerprint density at radius 3 is 2.08 bits per heavy atom. The highest BCUT2D eigenvalue weighted by atomic mass is 16.5. The van der Waals surface area contributed by atoms with E-state index in [1.807, 2.05) is 39.8 Å². The molecule has 1 aromatic carbocycles. The predicted molar refractivity (Wildman–Crippen MR) is 138 cm³/mol. The smallest absolute Gasteiger partial charge is 0.224 e. The molecule has 36 heavy (non-hydrogen) atoms. The summed E-state index contributed by atoms with van der Waals surface area (Å²) < 4.78 is 5.89. The van der Waals surface area contributed by atoms with Gasteiger partial charge in [0, 0.05) is 31.4 Å². The Bertz CT molecular complexity index is 922. The Morgan fingerprint density at radius 2 is 1.50 bits per heavy atom. The van der Waals surface area contributed by atoms with Crippen molar-refractivity contribution in [1.29, 1.82) is 0 Å². The summed E-state index contributed by atoms with van der Waals surface area (Å²) in [7, 11) is 0. The Hall–Kier alpha value is -3.07. The first-order chi connectivity index (χ1) is 16.7. The Kier molecular flexibility index (Phi) is 12.5. The van der Waals surface area contributed by atoms with Gasteiger partial charge in [-0.3, -0.25) is 24.0 Å². The first kappa shape index (κ1) is 31.0. The summed E-state index contributed by atoms with van der Waals surface area (Å²) >= 11 is 0. The Morgan fingerprint density at radius 1 is 0.889 bits per heavy atom. The first-order valence-corrected chi connectivity index (χ1v) is 12.3. The molecule has 0 aromatic heterocycles. The lowest BCUT2D eigenvalue weighted by Gasteiger charge is -2.32. The van der Waals surface area contributed by atoms with Gasteiger partial charge in [-0.15, -0.1) is 0 Å². The molecule has 0 bridgehead atoms. The monoisotopic (exact) mass is 503 g/mol. The number of amides is 3. The maximum Gasteiger partial charge on any atom is 0.224 e. The lowest BCUT2D eigenvalue weighted by molar-refractivity contribution is -0.127. The quantitative estimate of drug-likeness (QED) is 0.278. The van der Waals surface area contributed by atoms with Gasteiger partial charge in [0.15, 0.2) is 0 Å². The number of carbonyl (C=O) groups is 5. The zero-order valence-electron chi connectivity index (χ0n) is 22.2. The van der Waals surface area contributed by atoms with Gasteiger partial charge in [0.1, 0.15) is 11.6 Å². The van der Waals surface area contributed by atoms with E-state index >= 15 is 0 Å². The molecule has 0 aliphatic carbocycles. The second-order valence-electron chi connectivity index (χ2n) is 10.5. The van der Waals surface area contributed by atoms with E-state index in [4.69, 9.17) is 10.5 Å². The van der Waals surface area contributed by atoms with E-state index in [1.165, 1.54) is 6.92 Å². The van der Waals surface area contributed by atoms with Gasteiger partial charge in [-0.1, -0.05) is 12.1 Å². The molecular formula is C27H41N3O6. The topological polar surface area (TPSA) is 145 Å². The second-order valence-corrected chi connectivity index (χ2v) is 10.5. The zero-order chi connectivity index (χ0) is 27.4. The van der Waals surface area contributed by atoms with Crippen molar-refractivity contribution in [3.63, 3.8) is 0 Å². The molecule has 9 nitrogen and oxygen atoms in total. The van der Waals surface area contributed by atoms with Crippen molar-refractivity contribution < 1.29 is 28.7 Å². The minimum absolute atomic E-state index is 0.0337. The molecular weight excluding hydrogens is 462 g/mol. The number of nitrogens with two attached hydrogens (primary N) is 1. The van der Waals surface area contributed by atoms with E-state index in [2.05, 4.69) is 10.6 Å². The SMILES string of the molecule is CC(=O)CC(=O)CCc1ccc(NC(=O)CCCC(=O)NC(C)(C)COC(C)(C)CCC(N)=O)cc1. The number of nitrogens with one attached hydrogen (secondary N) is 2. The average molecular weight is 504 g/mol. The summed E-state index contributed by atoms with van der Waals surface area (Å²) in [5, 5.41) is 5.73. The van der Waals surface area contributed by atoms with Crippen LogP contribution in [0.5, 0.6) is 0 Å². The fraction of sp³-hybridized carbons (Fsp3) is 0.593. The van der Waals surface area contributed by atoms with Crippen LogP contribution < -0.4 is 16.4 Å². The number of aryl methyl sites for hydroxylation is 1. The number of hydrogen-bond donors (Lipinski definition) is 3. The van der Waals surface area contributed by atoms with Gasteiger partial charge in [0.05, 0.1) is 24.2 Å². The van der Waals surface area contributed by atoms with Crippen molar-refractivity contribution >= 4 is 35.0 Å². The summed E-state index contributed by atoms with van der Waals surface area (Å²) in [6.45, 7) is 9.12. The van der Waals surface area contributed by atoms with E-state index in [0.29, 0.717) is 31.4 Å². The first-order valence-electron chi connectivity index (χ1n) is 12.3. The van der Waals surface area contributed by atoms with Gasteiger partial charge >= 0.3 is 0 Å². The van der Waals surface area contributed by atoms with Crippen molar-refractivity contribution in [1.82, 2.24) is 5.32 Å². The molecule has 0 atom stereocenters. The fourth-order valence-electron chi connectivity index (χ4n) is 3.39. The van der Waals surface area contributed by atoms with Crippen LogP contribution in [0.1, 0.15) is 85.1 Å². The van der Waals surface area contributed by atoms with Crippen molar-refractivity contribution in [2.24, 2.45) is 5.73 Å². The number of anilines is 1. The van der Waals surface area contributed by atoms with Gasteiger partial charge in [0.2, 0.25) is 17.7 Å². The van der Waals surface area contributed by atoms with Gasteiger partial charge in [0.25, 0.3) is 0 Å². The zero-order valence-corrected chi connectivity index (χ0v) is 22.2. The third-order valence-corrected chi connectivity index (χ3v) is 5.46. The average Bonchev–Trinajstić information content (AvgIpc) is 2.75. The molecule has 0 fully saturated rings. The molecule has 0 aliphatic heterocycles. The van der Waals surface area contributed by atoms with Crippen LogP contribution in [0.25, 0.3) is 0 Å². The molecule has 0 saturated carbocycles. The maximum absolute atomic E-state index is 12.3. The standard InChI is InChI=1S/C27H41N3O6/c1-19(31)17-22(32)14-11-20-9-12-21(13-10-20)29-24(34)7-6-8-25(35)30-26(2,3)18-36-27(4,5)16-15-23(28)33/h9-10,12-13H,6-8,11,14-18H2,1-5H3,(H2,28,33)(H,29,34)(H,30,35). The predicted octanol–water partition coefficient (Wildman–Crippen LogP) is 3.23. The molecule has 4 N–H and O–H groups in total. The van der Waals surface area contributed by atoms with Crippen molar-refractivity contribution in [2.75, 3.05) is 11.9 Å². The largest absolute Gasteiger partial charge is 0.373 e. The van der Waals surface area contributed by atoms with Gasteiger partial charge < -0.3 is 21.1 Å². The molecule has 1 aromatic rings. The van der Waals surface area contributed by atoms with Crippen molar-refractivity contribution in [2.45, 2.75) is 97.1 Å². The highest BCUT2D eigenvalue weighted by molar-refractivity contribution is 5.98. The molecule has 0 spiro atoms. The highest BCUT2D eigenvalue weighted by Crippen LogP contribution is 2.19. The number of ether oxygens (including phenoxy) is 1. The fourth-order valence-corrected chi connectivity index (χ4v) is 3.39. The number of rotatable bonds is 17. The second kappa shape index (κ2) is 14.5. The molecule has 0 heterocycles. The van der Waals surface area contributed by atoms with Crippen LogP contribution in [0.15, 0.2) is 24.3 Å². The molecule has 9 heteroatoms. The van der Waals surface area contributed by atoms with E-state index in [-0.39, 0.29) is 61.6 Å². The van der Waals surface area contributed by atoms with Crippen LogP contribution in [0, 0.1) is 0 Å². The van der Waals surface area contributed by atoms with Crippen LogP contribution >= 0.6 is 0 Å². The molecule has 3 amide bonds. The van der Waals surface area contributed by atoms with Crippen molar-refractivity contribution in [3.05, 3.63) is 29.8 Å². The third-order valence-electron chi connectivity index (χ3n) is 5.46. The lowest BCUT2D eigenvalue weighted by atomic mass is 10.0. The van der Waals surface area contributed by atoms with Crippen LogP contribution in [0.4, 0.5) is 5.69 Å². The van der Waals surface area contributed by atoms with E-state index in [1.54, 1.807) is 12.1 Å². The molecule has 0 radical (unpaired) electrons. The number of carbonyl (C=O) groups excluding carboxylic acids is 5. The summed E-state index contributed by atoms with van der Waals surface area (Å²) in [6.07, 6.45) is 2.34. The number of hydrogen-bond acceptors (Lipinski definition) is 6. The van der Waals surface area contributed by atoms with Gasteiger partial charge in [-0.05, 0) is 71.6 Å². The normalized spacial score (nSPS) is 11.6. The van der Waals surface area contributed by atoms with Crippen LogP contribution in [0.2, 0.25) is 0 Å². The maximum atomic E-state index is 12.3. The highest BCUT2D eigenvalue weighted by Gasteiger charge is 2.26. The third kappa shape index (κ3) is 14.4. The Labute approximate surface area is 213 Å². The Balaban J connectivity index is 2.34. The summed E-state index contributed by atoms with van der Waals surface area (Å²) in [5.74, 6) is -0.952. The number of ketones is 2. The van der Waals surface area contributed by atoms with E-state index in [9.17, 15) is 24.0 Å². The van der Waals surface area contributed by atoms with Crippen LogP contribution in [0.3, 0.4) is 0 Å². The molecule has 1 rings (SSSR count). The number of primary amides is 1. The minimum Gasteiger partial charge on any atom is -0.373 e. The molecule has 200 valence electrons. The summed E-state index contributed by atoms with van der Waals surface area (Å²) in [6, 6.07) is 7.21.